The van der Waals surface area contributed by atoms with Gasteiger partial charge in [-0.25, -0.2) is 0 Å². The van der Waals surface area contributed by atoms with Gasteiger partial charge in [-0.15, -0.1) is 0 Å². The molecule has 5 heteroatoms. The van der Waals surface area contributed by atoms with E-state index < -0.39 is 11.7 Å². The third-order valence-electron chi connectivity index (χ3n) is 9.40. The van der Waals surface area contributed by atoms with Crippen molar-refractivity contribution in [1.29, 1.82) is 0 Å². The summed E-state index contributed by atoms with van der Waals surface area (Å²) >= 11 is 0. The molecular weight excluding hydrogens is 368 g/mol. The summed E-state index contributed by atoms with van der Waals surface area (Å²) < 4.78 is 5.81. The lowest BCUT2D eigenvalue weighted by atomic mass is 9.44. The van der Waals surface area contributed by atoms with E-state index in [9.17, 15) is 19.5 Å². The van der Waals surface area contributed by atoms with E-state index in [2.05, 4.69) is 20.8 Å². The molecule has 4 aliphatic carbocycles. The maximum atomic E-state index is 12.8. The van der Waals surface area contributed by atoms with Crippen molar-refractivity contribution in [2.24, 2.45) is 34.5 Å². The molecule has 29 heavy (non-hydrogen) atoms. The minimum atomic E-state index is -1.03. The molecule has 0 heterocycles. The molecule has 3 fully saturated rings. The number of esters is 1. The zero-order chi connectivity index (χ0) is 21.4. The lowest BCUT2D eigenvalue weighted by Gasteiger charge is -2.61. The van der Waals surface area contributed by atoms with E-state index in [0.29, 0.717) is 12.3 Å². The number of aliphatic hydroxyl groups excluding tert-OH is 1. The molecule has 5 nitrogen and oxygen atoms in total. The fraction of sp³-hybridized carbons (Fsp3) is 0.792. The molecule has 0 unspecified atom stereocenters. The first kappa shape index (κ1) is 20.8. The molecule has 0 saturated heterocycles. The quantitative estimate of drug-likeness (QED) is 0.714. The number of hydrogen-bond donors (Lipinski definition) is 1. The molecule has 0 spiro atoms. The van der Waals surface area contributed by atoms with Crippen molar-refractivity contribution in [3.8, 4) is 0 Å². The van der Waals surface area contributed by atoms with Gasteiger partial charge in [0, 0.05) is 24.2 Å². The third kappa shape index (κ3) is 2.58. The Balaban J connectivity index is 1.76. The molecule has 4 rings (SSSR count). The first-order valence-corrected chi connectivity index (χ1v) is 11.1. The van der Waals surface area contributed by atoms with E-state index in [4.69, 9.17) is 4.74 Å². The molecule has 3 saturated carbocycles. The number of hydrogen-bond acceptors (Lipinski definition) is 5. The Labute approximate surface area is 173 Å². The van der Waals surface area contributed by atoms with Gasteiger partial charge in [0.15, 0.2) is 17.2 Å². The van der Waals surface area contributed by atoms with Crippen LogP contribution in [0.25, 0.3) is 0 Å². The van der Waals surface area contributed by atoms with Crippen molar-refractivity contribution in [2.45, 2.75) is 84.8 Å². The molecule has 0 aromatic carbocycles. The Bertz CT molecular complexity index is 799. The second-order valence-corrected chi connectivity index (χ2v) is 10.6. The number of ether oxygens (including phenoxy) is 1. The lowest BCUT2D eigenvalue weighted by Crippen LogP contribution is -2.61. The van der Waals surface area contributed by atoms with Crippen LogP contribution in [0.1, 0.15) is 73.1 Å². The zero-order valence-corrected chi connectivity index (χ0v) is 18.3. The van der Waals surface area contributed by atoms with Crippen LogP contribution in [0.4, 0.5) is 0 Å². The number of ketones is 2. The number of aliphatic hydroxyl groups is 1. The highest BCUT2D eigenvalue weighted by Crippen LogP contribution is 2.69. The molecule has 8 atom stereocenters. The summed E-state index contributed by atoms with van der Waals surface area (Å²) in [5, 5.41) is 11.0. The summed E-state index contributed by atoms with van der Waals surface area (Å²) in [5.74, 6) is 0.729. The summed E-state index contributed by atoms with van der Waals surface area (Å²) in [4.78, 5) is 36.9. The Morgan fingerprint density at radius 3 is 2.41 bits per heavy atom. The normalized spacial score (nSPS) is 48.8. The van der Waals surface area contributed by atoms with Crippen LogP contribution in [0.3, 0.4) is 0 Å². The van der Waals surface area contributed by atoms with Crippen LogP contribution in [-0.2, 0) is 19.1 Å². The van der Waals surface area contributed by atoms with Gasteiger partial charge in [-0.3, -0.25) is 14.4 Å². The topological polar surface area (TPSA) is 80.7 Å². The summed E-state index contributed by atoms with van der Waals surface area (Å²) in [7, 11) is 0. The SMILES string of the molecule is CC(=O)O[C@]1(C(C)=O)CC[C@H]2[C@@H]3C[C@H](C)C4=CC(=O)C[C@@H](O)[C@]4(C)[C@H]3CC[C@@]21C. The molecule has 0 radical (unpaired) electrons. The first-order valence-electron chi connectivity index (χ1n) is 11.1. The molecule has 160 valence electrons. The van der Waals surface area contributed by atoms with Gasteiger partial charge < -0.3 is 9.84 Å². The predicted molar refractivity (Wildman–Crippen MR) is 108 cm³/mol. The third-order valence-corrected chi connectivity index (χ3v) is 9.40. The van der Waals surface area contributed by atoms with Crippen molar-refractivity contribution < 1.29 is 24.2 Å². The number of rotatable bonds is 2. The van der Waals surface area contributed by atoms with Gasteiger partial charge >= 0.3 is 5.97 Å². The Morgan fingerprint density at radius 2 is 1.79 bits per heavy atom. The molecule has 0 aromatic rings. The van der Waals surface area contributed by atoms with Gasteiger partial charge in [-0.1, -0.05) is 26.3 Å². The number of carbonyl (C=O) groups is 3. The number of carbonyl (C=O) groups excluding carboxylic acids is 3. The smallest absolute Gasteiger partial charge is 0.303 e. The van der Waals surface area contributed by atoms with E-state index in [1.165, 1.54) is 6.92 Å². The molecule has 0 bridgehead atoms. The Hall–Kier alpha value is -1.49. The van der Waals surface area contributed by atoms with Gasteiger partial charge in [0.05, 0.1) is 6.10 Å². The van der Waals surface area contributed by atoms with Crippen LogP contribution in [0.2, 0.25) is 0 Å². The molecule has 4 aliphatic rings. The van der Waals surface area contributed by atoms with E-state index in [1.54, 1.807) is 13.0 Å². The van der Waals surface area contributed by atoms with Gasteiger partial charge in [0.2, 0.25) is 0 Å². The minimum Gasteiger partial charge on any atom is -0.451 e. The average molecular weight is 403 g/mol. The number of fused-ring (bicyclic) bond motifs is 5. The largest absolute Gasteiger partial charge is 0.451 e. The Morgan fingerprint density at radius 1 is 1.14 bits per heavy atom. The van der Waals surface area contributed by atoms with Crippen LogP contribution in [0.5, 0.6) is 0 Å². The van der Waals surface area contributed by atoms with E-state index in [1.807, 2.05) is 0 Å². The van der Waals surface area contributed by atoms with Crippen LogP contribution in [0.15, 0.2) is 11.6 Å². The van der Waals surface area contributed by atoms with Crippen molar-refractivity contribution >= 4 is 17.5 Å². The maximum absolute atomic E-state index is 12.8. The summed E-state index contributed by atoms with van der Waals surface area (Å²) in [6.07, 6.45) is 5.42. The van der Waals surface area contributed by atoms with Crippen LogP contribution in [-0.4, -0.2) is 34.3 Å². The van der Waals surface area contributed by atoms with Crippen molar-refractivity contribution in [3.63, 3.8) is 0 Å². The highest BCUT2D eigenvalue weighted by atomic mass is 16.6. The Kier molecular flexibility index (Phi) is 4.66. The van der Waals surface area contributed by atoms with Gasteiger partial charge in [0.25, 0.3) is 0 Å². The summed E-state index contributed by atoms with van der Waals surface area (Å²) in [5.41, 5.74) is -0.684. The molecule has 0 aromatic heterocycles. The van der Waals surface area contributed by atoms with Crippen molar-refractivity contribution in [2.75, 3.05) is 0 Å². The van der Waals surface area contributed by atoms with Crippen LogP contribution in [0, 0.1) is 34.5 Å². The minimum absolute atomic E-state index is 0.0299. The molecule has 0 aliphatic heterocycles. The van der Waals surface area contributed by atoms with Crippen LogP contribution < -0.4 is 0 Å². The summed E-state index contributed by atoms with van der Waals surface area (Å²) in [6, 6.07) is 0. The molecule has 0 amide bonds. The maximum Gasteiger partial charge on any atom is 0.303 e. The predicted octanol–water partition coefficient (Wildman–Crippen LogP) is 3.63. The fourth-order valence-electron chi connectivity index (χ4n) is 8.07. The van der Waals surface area contributed by atoms with E-state index in [-0.39, 0.29) is 52.5 Å². The standard InChI is InChI=1S/C24H34O5/c1-13-10-17-18-7-9-24(14(2)25,29-15(3)26)22(18,4)8-6-19(17)23(5)20(13)11-16(27)12-21(23)28/h11,13,17-19,21,28H,6-10,12H2,1-5H3/t13-,17-,18-,19-,21+,22-,23+,24-/m0/s1. The van der Waals surface area contributed by atoms with Gasteiger partial charge in [0.1, 0.15) is 0 Å². The highest BCUT2D eigenvalue weighted by molar-refractivity contribution is 5.92. The fourth-order valence-corrected chi connectivity index (χ4v) is 8.07. The molecule has 1 N–H and O–H groups in total. The van der Waals surface area contributed by atoms with Crippen molar-refractivity contribution in [1.82, 2.24) is 0 Å². The van der Waals surface area contributed by atoms with Gasteiger partial charge in [-0.05, 0) is 68.8 Å². The zero-order valence-electron chi connectivity index (χ0n) is 18.3. The number of Topliss-reactive ketones (excluding diaryl/α,β-unsaturated/α-hetero) is 1. The van der Waals surface area contributed by atoms with E-state index >= 15 is 0 Å². The van der Waals surface area contributed by atoms with Gasteiger partial charge in [-0.2, -0.15) is 0 Å². The second-order valence-electron chi connectivity index (χ2n) is 10.6. The monoisotopic (exact) mass is 402 g/mol. The van der Waals surface area contributed by atoms with Crippen LogP contribution >= 0.6 is 0 Å². The highest BCUT2D eigenvalue weighted by Gasteiger charge is 2.69. The average Bonchev–Trinajstić information content (AvgIpc) is 2.91. The molecular formula is C24H34O5. The second kappa shape index (κ2) is 6.50. The lowest BCUT2D eigenvalue weighted by molar-refractivity contribution is -0.189. The summed E-state index contributed by atoms with van der Waals surface area (Å²) in [6.45, 7) is 9.40. The van der Waals surface area contributed by atoms with Crippen molar-refractivity contribution in [3.05, 3.63) is 11.6 Å². The van der Waals surface area contributed by atoms with E-state index in [0.717, 1.165) is 31.3 Å². The first-order chi connectivity index (χ1) is 13.5.